The van der Waals surface area contributed by atoms with Gasteiger partial charge in [0, 0.05) is 6.04 Å². The predicted molar refractivity (Wildman–Crippen MR) is 54.9 cm³/mol. The molecule has 0 amide bonds. The second kappa shape index (κ2) is 4.96. The van der Waals surface area contributed by atoms with Gasteiger partial charge in [-0.05, 0) is 24.5 Å². The molecular weight excluding hydrogens is 181 g/mol. The fourth-order valence-electron chi connectivity index (χ4n) is 1.37. The van der Waals surface area contributed by atoms with Gasteiger partial charge in [-0.15, -0.1) is 0 Å². The standard InChI is InChI=1S/C11H16FNO/c1-3-9(13)7-8-5-4-6-10(12)11(8)14-2/h4-6,9H,3,7,13H2,1-2H3. The van der Waals surface area contributed by atoms with Crippen molar-refractivity contribution in [2.45, 2.75) is 25.8 Å². The van der Waals surface area contributed by atoms with Crippen molar-refractivity contribution in [3.05, 3.63) is 29.6 Å². The van der Waals surface area contributed by atoms with E-state index in [1.165, 1.54) is 13.2 Å². The molecule has 0 saturated carbocycles. The number of ether oxygens (including phenoxy) is 1. The highest BCUT2D eigenvalue weighted by molar-refractivity contribution is 5.35. The maximum absolute atomic E-state index is 13.2. The molecule has 0 bridgehead atoms. The Labute approximate surface area is 83.9 Å². The van der Waals surface area contributed by atoms with E-state index < -0.39 is 0 Å². The van der Waals surface area contributed by atoms with Gasteiger partial charge in [-0.2, -0.15) is 0 Å². The number of halogens is 1. The topological polar surface area (TPSA) is 35.2 Å². The van der Waals surface area contributed by atoms with Crippen LogP contribution >= 0.6 is 0 Å². The second-order valence-corrected chi connectivity index (χ2v) is 3.30. The number of hydrogen-bond acceptors (Lipinski definition) is 2. The molecule has 1 unspecified atom stereocenters. The zero-order valence-electron chi connectivity index (χ0n) is 8.59. The molecule has 1 rings (SSSR count). The van der Waals surface area contributed by atoms with Crippen LogP contribution in [0.5, 0.6) is 5.75 Å². The van der Waals surface area contributed by atoms with Crippen LogP contribution in [-0.2, 0) is 6.42 Å². The minimum atomic E-state index is -0.326. The van der Waals surface area contributed by atoms with E-state index in [0.717, 1.165) is 12.0 Å². The second-order valence-electron chi connectivity index (χ2n) is 3.30. The van der Waals surface area contributed by atoms with Crippen LogP contribution in [0.2, 0.25) is 0 Å². The van der Waals surface area contributed by atoms with Crippen LogP contribution in [0.4, 0.5) is 4.39 Å². The molecule has 0 heterocycles. The highest BCUT2D eigenvalue weighted by Crippen LogP contribution is 2.23. The Balaban J connectivity index is 2.90. The summed E-state index contributed by atoms with van der Waals surface area (Å²) in [6.07, 6.45) is 1.52. The van der Waals surface area contributed by atoms with Gasteiger partial charge >= 0.3 is 0 Å². The van der Waals surface area contributed by atoms with Gasteiger partial charge < -0.3 is 10.5 Å². The number of para-hydroxylation sites is 1. The highest BCUT2D eigenvalue weighted by atomic mass is 19.1. The lowest BCUT2D eigenvalue weighted by molar-refractivity contribution is 0.379. The molecule has 0 aliphatic heterocycles. The molecule has 0 aromatic heterocycles. The van der Waals surface area contributed by atoms with E-state index in [1.807, 2.05) is 13.0 Å². The van der Waals surface area contributed by atoms with E-state index in [-0.39, 0.29) is 11.9 Å². The van der Waals surface area contributed by atoms with Crippen molar-refractivity contribution in [2.24, 2.45) is 5.73 Å². The fraction of sp³-hybridized carbons (Fsp3) is 0.455. The molecule has 2 N–H and O–H groups in total. The van der Waals surface area contributed by atoms with E-state index in [9.17, 15) is 4.39 Å². The van der Waals surface area contributed by atoms with E-state index in [4.69, 9.17) is 10.5 Å². The molecule has 1 atom stereocenters. The summed E-state index contributed by atoms with van der Waals surface area (Å²) in [4.78, 5) is 0. The first kappa shape index (κ1) is 11.0. The number of benzene rings is 1. The quantitative estimate of drug-likeness (QED) is 0.802. The summed E-state index contributed by atoms with van der Waals surface area (Å²) in [6.45, 7) is 2.01. The summed E-state index contributed by atoms with van der Waals surface area (Å²) in [7, 11) is 1.47. The largest absolute Gasteiger partial charge is 0.493 e. The Bertz CT molecular complexity index is 301. The van der Waals surface area contributed by atoms with Gasteiger partial charge in [0.2, 0.25) is 0 Å². The minimum Gasteiger partial charge on any atom is -0.493 e. The summed E-state index contributed by atoms with van der Waals surface area (Å²) in [5.41, 5.74) is 6.64. The SMILES string of the molecule is CCC(N)Cc1cccc(F)c1OC. The maximum Gasteiger partial charge on any atom is 0.165 e. The molecular formula is C11H16FNO. The summed E-state index contributed by atoms with van der Waals surface area (Å²) in [5, 5.41) is 0. The van der Waals surface area contributed by atoms with Gasteiger partial charge in [0.25, 0.3) is 0 Å². The Morgan fingerprint density at radius 3 is 2.79 bits per heavy atom. The third kappa shape index (κ3) is 2.45. The van der Waals surface area contributed by atoms with Crippen LogP contribution in [0.15, 0.2) is 18.2 Å². The van der Waals surface area contributed by atoms with E-state index in [2.05, 4.69) is 0 Å². The molecule has 0 saturated heterocycles. The first-order chi connectivity index (χ1) is 6.69. The first-order valence-corrected chi connectivity index (χ1v) is 4.76. The van der Waals surface area contributed by atoms with Crippen molar-refractivity contribution in [2.75, 3.05) is 7.11 Å². The van der Waals surface area contributed by atoms with Crippen molar-refractivity contribution < 1.29 is 9.13 Å². The molecule has 0 aliphatic carbocycles. The van der Waals surface area contributed by atoms with Crippen LogP contribution in [0.3, 0.4) is 0 Å². The number of methoxy groups -OCH3 is 1. The van der Waals surface area contributed by atoms with Crippen molar-refractivity contribution in [3.63, 3.8) is 0 Å². The smallest absolute Gasteiger partial charge is 0.165 e. The molecule has 0 aliphatic rings. The lowest BCUT2D eigenvalue weighted by Crippen LogP contribution is -2.21. The van der Waals surface area contributed by atoms with Crippen LogP contribution < -0.4 is 10.5 Å². The van der Waals surface area contributed by atoms with E-state index in [0.29, 0.717) is 12.2 Å². The van der Waals surface area contributed by atoms with Crippen LogP contribution in [0.1, 0.15) is 18.9 Å². The molecule has 0 spiro atoms. The molecule has 0 radical (unpaired) electrons. The molecule has 78 valence electrons. The van der Waals surface area contributed by atoms with Crippen LogP contribution in [0, 0.1) is 5.82 Å². The summed E-state index contributed by atoms with van der Waals surface area (Å²) < 4.78 is 18.2. The molecule has 2 nitrogen and oxygen atoms in total. The van der Waals surface area contributed by atoms with Crippen LogP contribution in [-0.4, -0.2) is 13.2 Å². The maximum atomic E-state index is 13.2. The predicted octanol–water partition coefficient (Wildman–Crippen LogP) is 2.11. The van der Waals surface area contributed by atoms with Crippen LogP contribution in [0.25, 0.3) is 0 Å². The van der Waals surface area contributed by atoms with Gasteiger partial charge in [-0.3, -0.25) is 0 Å². The molecule has 1 aromatic rings. The van der Waals surface area contributed by atoms with Gasteiger partial charge in [0.15, 0.2) is 11.6 Å². The lowest BCUT2D eigenvalue weighted by Gasteiger charge is -2.12. The Morgan fingerprint density at radius 1 is 1.50 bits per heavy atom. The monoisotopic (exact) mass is 197 g/mol. The zero-order chi connectivity index (χ0) is 10.6. The Hall–Kier alpha value is -1.09. The Kier molecular flexibility index (Phi) is 3.89. The molecule has 3 heteroatoms. The first-order valence-electron chi connectivity index (χ1n) is 4.76. The normalized spacial score (nSPS) is 12.6. The zero-order valence-corrected chi connectivity index (χ0v) is 8.59. The van der Waals surface area contributed by atoms with Crippen molar-refractivity contribution in [1.82, 2.24) is 0 Å². The van der Waals surface area contributed by atoms with E-state index >= 15 is 0 Å². The number of rotatable bonds is 4. The van der Waals surface area contributed by atoms with Crippen molar-refractivity contribution >= 4 is 0 Å². The summed E-state index contributed by atoms with van der Waals surface area (Å²) in [6, 6.07) is 4.97. The number of nitrogens with two attached hydrogens (primary N) is 1. The van der Waals surface area contributed by atoms with E-state index in [1.54, 1.807) is 6.07 Å². The van der Waals surface area contributed by atoms with Gasteiger partial charge in [-0.25, -0.2) is 4.39 Å². The van der Waals surface area contributed by atoms with Gasteiger partial charge in [-0.1, -0.05) is 19.1 Å². The van der Waals surface area contributed by atoms with Gasteiger partial charge in [0.1, 0.15) is 0 Å². The van der Waals surface area contributed by atoms with Gasteiger partial charge in [0.05, 0.1) is 7.11 Å². The fourth-order valence-corrected chi connectivity index (χ4v) is 1.37. The summed E-state index contributed by atoms with van der Waals surface area (Å²) >= 11 is 0. The third-order valence-corrected chi connectivity index (χ3v) is 2.26. The summed E-state index contributed by atoms with van der Waals surface area (Å²) in [5.74, 6) is -0.00953. The molecule has 14 heavy (non-hydrogen) atoms. The molecule has 1 aromatic carbocycles. The molecule has 0 fully saturated rings. The minimum absolute atomic E-state index is 0.0608. The lowest BCUT2D eigenvalue weighted by atomic mass is 10.0. The Morgan fingerprint density at radius 2 is 2.21 bits per heavy atom. The highest BCUT2D eigenvalue weighted by Gasteiger charge is 2.10. The van der Waals surface area contributed by atoms with Crippen molar-refractivity contribution in [1.29, 1.82) is 0 Å². The average Bonchev–Trinajstić information content (AvgIpc) is 2.18. The average molecular weight is 197 g/mol. The number of hydrogen-bond donors (Lipinski definition) is 1. The van der Waals surface area contributed by atoms with Crippen molar-refractivity contribution in [3.8, 4) is 5.75 Å². The third-order valence-electron chi connectivity index (χ3n) is 2.26.